The molecule has 2 aliphatic rings. The van der Waals surface area contributed by atoms with E-state index in [1.807, 2.05) is 19.1 Å². The zero-order valence-corrected chi connectivity index (χ0v) is 13.9. The number of fused-ring (bicyclic) bond motifs is 3. The van der Waals surface area contributed by atoms with Gasteiger partial charge in [0.2, 0.25) is 0 Å². The van der Waals surface area contributed by atoms with E-state index in [4.69, 9.17) is 9.78 Å². The summed E-state index contributed by atoms with van der Waals surface area (Å²) < 4.78 is 5.57. The molecular formula is C20H19N3O. The molecule has 0 saturated carbocycles. The molecule has 0 fully saturated rings. The number of hydrogen-bond donors (Lipinski definition) is 0. The number of hydrogen-bond acceptors (Lipinski definition) is 4. The summed E-state index contributed by atoms with van der Waals surface area (Å²) in [5.74, 6) is 0.966. The lowest BCUT2D eigenvalue weighted by atomic mass is 9.93. The standard InChI is InChI=1S/C20H19N3O/c1-13-11-15(12-21)7-8-17(13)23-10-9-19-20(14(2)22-24-19)16-5-3-4-6-18(16)23/h3-7,11,17H,8-10H2,1-2H3/t17-/m1/s1. The number of aromatic nitrogens is 1. The van der Waals surface area contributed by atoms with E-state index in [1.54, 1.807) is 0 Å². The average molecular weight is 317 g/mol. The molecule has 4 rings (SSSR count). The molecule has 2 heterocycles. The fourth-order valence-electron chi connectivity index (χ4n) is 3.81. The van der Waals surface area contributed by atoms with Crippen molar-refractivity contribution in [2.45, 2.75) is 32.7 Å². The fraction of sp³-hybridized carbons (Fsp3) is 0.300. The summed E-state index contributed by atoms with van der Waals surface area (Å²) >= 11 is 0. The zero-order chi connectivity index (χ0) is 16.7. The van der Waals surface area contributed by atoms with Gasteiger partial charge in [0.1, 0.15) is 5.76 Å². The average Bonchev–Trinajstić information content (AvgIpc) is 2.88. The number of nitrogens with zero attached hydrogens (tertiary/aromatic N) is 3. The van der Waals surface area contributed by atoms with Crippen LogP contribution < -0.4 is 4.90 Å². The number of benzene rings is 1. The molecule has 1 atom stereocenters. The molecule has 4 nitrogen and oxygen atoms in total. The summed E-state index contributed by atoms with van der Waals surface area (Å²) in [5.41, 5.74) is 6.48. The number of allylic oxidation sites excluding steroid dienone is 2. The lowest BCUT2D eigenvalue weighted by Gasteiger charge is -2.35. The van der Waals surface area contributed by atoms with Gasteiger partial charge in [0.25, 0.3) is 0 Å². The summed E-state index contributed by atoms with van der Waals surface area (Å²) in [6.07, 6.45) is 5.74. The molecule has 0 N–H and O–H groups in total. The minimum atomic E-state index is 0.278. The maximum Gasteiger partial charge on any atom is 0.146 e. The van der Waals surface area contributed by atoms with Crippen LogP contribution in [0.15, 0.2) is 52.1 Å². The number of para-hydroxylation sites is 1. The molecule has 0 saturated heterocycles. The Morgan fingerprint density at radius 3 is 2.92 bits per heavy atom. The molecule has 1 aromatic carbocycles. The van der Waals surface area contributed by atoms with Crippen LogP contribution in [-0.2, 0) is 6.42 Å². The van der Waals surface area contributed by atoms with Crippen LogP contribution in [0, 0.1) is 18.3 Å². The van der Waals surface area contributed by atoms with Crippen LogP contribution in [0.4, 0.5) is 5.69 Å². The quantitative estimate of drug-likeness (QED) is 0.791. The van der Waals surface area contributed by atoms with Crippen molar-refractivity contribution in [2.24, 2.45) is 0 Å². The van der Waals surface area contributed by atoms with E-state index in [-0.39, 0.29) is 6.04 Å². The van der Waals surface area contributed by atoms with Crippen molar-refractivity contribution < 1.29 is 4.52 Å². The van der Waals surface area contributed by atoms with E-state index in [1.165, 1.54) is 16.8 Å². The van der Waals surface area contributed by atoms with E-state index < -0.39 is 0 Å². The molecule has 120 valence electrons. The predicted molar refractivity (Wildman–Crippen MR) is 93.6 cm³/mol. The van der Waals surface area contributed by atoms with Gasteiger partial charge < -0.3 is 9.42 Å². The second-order valence-electron chi connectivity index (χ2n) is 6.44. The number of aryl methyl sites for hydroxylation is 1. The molecule has 1 aliphatic heterocycles. The maximum atomic E-state index is 9.13. The van der Waals surface area contributed by atoms with Gasteiger partial charge in [-0.3, -0.25) is 0 Å². The van der Waals surface area contributed by atoms with E-state index in [0.29, 0.717) is 0 Å². The summed E-state index contributed by atoms with van der Waals surface area (Å²) in [6.45, 7) is 5.00. The van der Waals surface area contributed by atoms with Gasteiger partial charge in [0, 0.05) is 35.4 Å². The lowest BCUT2D eigenvalue weighted by molar-refractivity contribution is 0.379. The first-order chi connectivity index (χ1) is 11.7. The van der Waals surface area contributed by atoms with E-state index in [9.17, 15) is 0 Å². The summed E-state index contributed by atoms with van der Waals surface area (Å²) in [5, 5.41) is 13.3. The normalized spacial score (nSPS) is 19.5. The Bertz CT molecular complexity index is 898. The molecule has 0 unspecified atom stereocenters. The molecule has 2 aromatic rings. The second kappa shape index (κ2) is 5.68. The van der Waals surface area contributed by atoms with E-state index in [0.717, 1.165) is 42.0 Å². The molecular weight excluding hydrogens is 298 g/mol. The van der Waals surface area contributed by atoms with Gasteiger partial charge in [-0.2, -0.15) is 5.26 Å². The minimum Gasteiger partial charge on any atom is -0.364 e. The van der Waals surface area contributed by atoms with Crippen LogP contribution in [0.25, 0.3) is 11.1 Å². The molecule has 0 amide bonds. The summed E-state index contributed by atoms with van der Waals surface area (Å²) in [7, 11) is 0. The molecule has 1 aromatic heterocycles. The Morgan fingerprint density at radius 2 is 2.12 bits per heavy atom. The van der Waals surface area contributed by atoms with Crippen molar-refractivity contribution in [2.75, 3.05) is 11.4 Å². The first-order valence-electron chi connectivity index (χ1n) is 8.28. The van der Waals surface area contributed by atoms with Crippen LogP contribution >= 0.6 is 0 Å². The molecule has 0 radical (unpaired) electrons. The van der Waals surface area contributed by atoms with E-state index in [2.05, 4.69) is 47.3 Å². The summed E-state index contributed by atoms with van der Waals surface area (Å²) in [4.78, 5) is 2.45. The maximum absolute atomic E-state index is 9.13. The van der Waals surface area contributed by atoms with E-state index >= 15 is 0 Å². The molecule has 1 aliphatic carbocycles. The highest BCUT2D eigenvalue weighted by Crippen LogP contribution is 2.40. The first-order valence-corrected chi connectivity index (χ1v) is 8.28. The van der Waals surface area contributed by atoms with Gasteiger partial charge in [-0.15, -0.1) is 0 Å². The fourth-order valence-corrected chi connectivity index (χ4v) is 3.81. The van der Waals surface area contributed by atoms with Crippen molar-refractivity contribution in [3.8, 4) is 17.2 Å². The van der Waals surface area contributed by atoms with Gasteiger partial charge in [-0.05, 0) is 38.0 Å². The monoisotopic (exact) mass is 317 g/mol. The number of nitriles is 1. The largest absolute Gasteiger partial charge is 0.364 e. The lowest BCUT2D eigenvalue weighted by Crippen LogP contribution is -2.38. The van der Waals surface area contributed by atoms with Crippen LogP contribution in [0.2, 0.25) is 0 Å². The molecule has 4 heteroatoms. The highest BCUT2D eigenvalue weighted by molar-refractivity contribution is 5.82. The topological polar surface area (TPSA) is 53.1 Å². The van der Waals surface area contributed by atoms with Crippen LogP contribution in [-0.4, -0.2) is 17.7 Å². The first kappa shape index (κ1) is 14.8. The highest BCUT2D eigenvalue weighted by atomic mass is 16.5. The Morgan fingerprint density at radius 1 is 1.29 bits per heavy atom. The molecule has 0 spiro atoms. The molecule has 24 heavy (non-hydrogen) atoms. The van der Waals surface area contributed by atoms with Crippen LogP contribution in [0.3, 0.4) is 0 Å². The smallest absolute Gasteiger partial charge is 0.146 e. The van der Waals surface area contributed by atoms with Crippen LogP contribution in [0.1, 0.15) is 24.8 Å². The number of anilines is 1. The third-order valence-electron chi connectivity index (χ3n) is 4.97. The second-order valence-corrected chi connectivity index (χ2v) is 6.44. The van der Waals surface area contributed by atoms with Gasteiger partial charge >= 0.3 is 0 Å². The van der Waals surface area contributed by atoms with Crippen molar-refractivity contribution in [1.29, 1.82) is 5.26 Å². The van der Waals surface area contributed by atoms with Crippen LogP contribution in [0.5, 0.6) is 0 Å². The Labute approximate surface area is 141 Å². The van der Waals surface area contributed by atoms with Crippen molar-refractivity contribution in [3.05, 3.63) is 59.0 Å². The number of rotatable bonds is 1. The highest BCUT2D eigenvalue weighted by Gasteiger charge is 2.29. The van der Waals surface area contributed by atoms with Crippen molar-refractivity contribution in [1.82, 2.24) is 5.16 Å². The minimum absolute atomic E-state index is 0.278. The predicted octanol–water partition coefficient (Wildman–Crippen LogP) is 4.18. The Hall–Kier alpha value is -2.80. The zero-order valence-electron chi connectivity index (χ0n) is 13.9. The third kappa shape index (κ3) is 2.25. The van der Waals surface area contributed by atoms with Gasteiger partial charge in [0.15, 0.2) is 0 Å². The van der Waals surface area contributed by atoms with Crippen molar-refractivity contribution >= 4 is 5.69 Å². The Kier molecular flexibility index (Phi) is 3.50. The van der Waals surface area contributed by atoms with Gasteiger partial charge in [-0.1, -0.05) is 29.4 Å². The van der Waals surface area contributed by atoms with Gasteiger partial charge in [0.05, 0.1) is 17.8 Å². The third-order valence-corrected chi connectivity index (χ3v) is 4.97. The van der Waals surface area contributed by atoms with Gasteiger partial charge in [-0.25, -0.2) is 0 Å². The SMILES string of the molecule is CC1=CC(C#N)=CC[C@H]1N1CCc2onc(C)c2-c2ccccc21. The molecule has 0 bridgehead atoms. The van der Waals surface area contributed by atoms with Crippen molar-refractivity contribution in [3.63, 3.8) is 0 Å². The Balaban J connectivity index is 1.80. The summed E-state index contributed by atoms with van der Waals surface area (Å²) in [6, 6.07) is 11.0.